The number of nitrogens with zero attached hydrogens (tertiary/aromatic N) is 3. The summed E-state index contributed by atoms with van der Waals surface area (Å²) in [6.07, 6.45) is 1.63. The number of imidazole rings is 1. The van der Waals surface area contributed by atoms with Crippen LogP contribution in [0, 0.1) is 6.92 Å². The zero-order chi connectivity index (χ0) is 19.0. The van der Waals surface area contributed by atoms with Gasteiger partial charge in [-0.3, -0.25) is 9.89 Å². The Morgan fingerprint density at radius 3 is 3.04 bits per heavy atom. The Bertz CT molecular complexity index is 972. The van der Waals surface area contributed by atoms with E-state index in [2.05, 4.69) is 38.9 Å². The van der Waals surface area contributed by atoms with E-state index in [1.807, 2.05) is 37.3 Å². The predicted octanol–water partition coefficient (Wildman–Crippen LogP) is 2.80. The molecule has 1 fully saturated rings. The summed E-state index contributed by atoms with van der Waals surface area (Å²) < 4.78 is 7.83. The van der Waals surface area contributed by atoms with E-state index in [4.69, 9.17) is 4.74 Å². The number of fused-ring (bicyclic) bond motifs is 1. The highest BCUT2D eigenvalue weighted by Crippen LogP contribution is 2.24. The Morgan fingerprint density at radius 2 is 2.22 bits per heavy atom. The summed E-state index contributed by atoms with van der Waals surface area (Å²) >= 11 is 0. The number of rotatable bonds is 4. The molecule has 27 heavy (non-hydrogen) atoms. The van der Waals surface area contributed by atoms with Crippen LogP contribution in [0.25, 0.3) is 11.0 Å². The maximum absolute atomic E-state index is 12.6. The third-order valence-corrected chi connectivity index (χ3v) is 5.07. The summed E-state index contributed by atoms with van der Waals surface area (Å²) in [5.41, 5.74) is 3.12. The monoisotopic (exact) mass is 367 g/mol. The number of aryl methyl sites for hydroxylation is 1. The van der Waals surface area contributed by atoms with Crippen LogP contribution in [0.5, 0.6) is 0 Å². The van der Waals surface area contributed by atoms with Crippen molar-refractivity contribution in [3.8, 4) is 0 Å². The van der Waals surface area contributed by atoms with Crippen LogP contribution in [0.15, 0.2) is 30.3 Å². The second-order valence-corrected chi connectivity index (χ2v) is 7.78. The van der Waals surface area contributed by atoms with Gasteiger partial charge >= 0.3 is 0 Å². The molecule has 142 valence electrons. The summed E-state index contributed by atoms with van der Waals surface area (Å²) in [4.78, 5) is 17.1. The first-order chi connectivity index (χ1) is 12.9. The normalized spacial score (nSPS) is 19.3. The molecule has 7 heteroatoms. The van der Waals surface area contributed by atoms with Crippen molar-refractivity contribution in [2.24, 2.45) is 0 Å². The van der Waals surface area contributed by atoms with Gasteiger partial charge in [0.05, 0.1) is 28.9 Å². The second kappa shape index (κ2) is 6.81. The van der Waals surface area contributed by atoms with Crippen molar-refractivity contribution >= 4 is 16.9 Å². The van der Waals surface area contributed by atoms with Gasteiger partial charge in [0.1, 0.15) is 11.5 Å². The first-order valence-corrected chi connectivity index (χ1v) is 9.32. The van der Waals surface area contributed by atoms with Crippen LogP contribution in [0.2, 0.25) is 0 Å². The van der Waals surface area contributed by atoms with Crippen LogP contribution in [-0.4, -0.2) is 43.9 Å². The summed E-state index contributed by atoms with van der Waals surface area (Å²) in [6.45, 7) is 7.34. The molecule has 1 saturated heterocycles. The fourth-order valence-corrected chi connectivity index (χ4v) is 3.74. The summed E-state index contributed by atoms with van der Waals surface area (Å²) in [6, 6.07) is 9.96. The van der Waals surface area contributed by atoms with Gasteiger partial charge < -0.3 is 14.6 Å². The molecule has 0 radical (unpaired) electrons. The molecule has 0 saturated carbocycles. The van der Waals surface area contributed by atoms with Crippen LogP contribution in [0.4, 0.5) is 0 Å². The number of carbonyl (C=O) groups is 1. The molecule has 2 N–H and O–H groups in total. The van der Waals surface area contributed by atoms with Crippen molar-refractivity contribution in [1.29, 1.82) is 0 Å². The lowest BCUT2D eigenvalue weighted by molar-refractivity contribution is -0.0615. The third-order valence-electron chi connectivity index (χ3n) is 5.07. The van der Waals surface area contributed by atoms with Gasteiger partial charge in [-0.1, -0.05) is 12.1 Å². The van der Waals surface area contributed by atoms with Crippen molar-refractivity contribution in [3.05, 3.63) is 47.5 Å². The largest absolute Gasteiger partial charge is 0.375 e. The number of nitrogens with one attached hydrogen (secondary N) is 2. The predicted molar refractivity (Wildman–Crippen MR) is 103 cm³/mol. The molecule has 1 atom stereocenters. The van der Waals surface area contributed by atoms with E-state index in [-0.39, 0.29) is 17.6 Å². The molecule has 1 aromatic carbocycles. The van der Waals surface area contributed by atoms with Gasteiger partial charge in [0.2, 0.25) is 0 Å². The fourth-order valence-electron chi connectivity index (χ4n) is 3.74. The number of aromatic nitrogens is 4. The summed E-state index contributed by atoms with van der Waals surface area (Å²) in [7, 11) is 0. The number of benzene rings is 1. The zero-order valence-electron chi connectivity index (χ0n) is 16.0. The minimum absolute atomic E-state index is 0.112. The van der Waals surface area contributed by atoms with Crippen molar-refractivity contribution in [2.45, 2.75) is 51.8 Å². The molecule has 1 aliphatic rings. The minimum Gasteiger partial charge on any atom is -0.375 e. The number of ether oxygens (including phenoxy) is 1. The van der Waals surface area contributed by atoms with Gasteiger partial charge in [-0.2, -0.15) is 5.10 Å². The van der Waals surface area contributed by atoms with Crippen LogP contribution in [-0.2, 0) is 11.3 Å². The Morgan fingerprint density at radius 1 is 1.41 bits per heavy atom. The van der Waals surface area contributed by atoms with Gasteiger partial charge in [0.15, 0.2) is 0 Å². The van der Waals surface area contributed by atoms with E-state index in [0.717, 1.165) is 35.4 Å². The molecular weight excluding hydrogens is 342 g/mol. The number of carbonyl (C=O) groups excluding carboxylic acids is 1. The fraction of sp³-hybridized carbons (Fsp3) is 0.450. The average molecular weight is 367 g/mol. The topological polar surface area (TPSA) is 84.8 Å². The van der Waals surface area contributed by atoms with Crippen LogP contribution in [0.1, 0.15) is 48.7 Å². The van der Waals surface area contributed by atoms with E-state index >= 15 is 0 Å². The maximum Gasteiger partial charge on any atom is 0.271 e. The molecule has 1 amide bonds. The zero-order valence-corrected chi connectivity index (χ0v) is 16.0. The number of amides is 1. The Hall–Kier alpha value is -2.67. The molecular formula is C20H25N5O2. The lowest BCUT2D eigenvalue weighted by Crippen LogP contribution is -2.45. The highest BCUT2D eigenvalue weighted by Gasteiger charge is 2.30. The van der Waals surface area contributed by atoms with E-state index < -0.39 is 0 Å². The lowest BCUT2D eigenvalue weighted by atomic mass is 9.94. The van der Waals surface area contributed by atoms with Gasteiger partial charge in [0.25, 0.3) is 5.91 Å². The molecule has 0 bridgehead atoms. The first-order valence-electron chi connectivity index (χ1n) is 9.32. The van der Waals surface area contributed by atoms with Crippen LogP contribution < -0.4 is 5.32 Å². The van der Waals surface area contributed by atoms with Crippen LogP contribution >= 0.6 is 0 Å². The van der Waals surface area contributed by atoms with E-state index in [1.54, 1.807) is 0 Å². The van der Waals surface area contributed by atoms with Crippen molar-refractivity contribution < 1.29 is 9.53 Å². The van der Waals surface area contributed by atoms with Gasteiger partial charge in [-0.25, -0.2) is 4.98 Å². The molecule has 3 aromatic rings. The molecule has 7 nitrogen and oxygen atoms in total. The summed E-state index contributed by atoms with van der Waals surface area (Å²) in [5.74, 6) is 0.786. The molecule has 0 spiro atoms. The highest BCUT2D eigenvalue weighted by molar-refractivity contribution is 5.92. The molecule has 3 heterocycles. The SMILES string of the molecule is Cc1nc2ccccc2n1Cc1cc(C(=O)NC2CCOC(C)(C)C2)n[nH]1. The number of hydrogen-bond donors (Lipinski definition) is 2. The third kappa shape index (κ3) is 3.73. The first kappa shape index (κ1) is 17.7. The number of hydrogen-bond acceptors (Lipinski definition) is 4. The highest BCUT2D eigenvalue weighted by atomic mass is 16.5. The number of para-hydroxylation sites is 2. The molecule has 1 aliphatic heterocycles. The smallest absolute Gasteiger partial charge is 0.271 e. The lowest BCUT2D eigenvalue weighted by Gasteiger charge is -2.35. The molecule has 0 aliphatic carbocycles. The number of H-pyrrole nitrogens is 1. The average Bonchev–Trinajstić information content (AvgIpc) is 3.20. The minimum atomic E-state index is -0.201. The van der Waals surface area contributed by atoms with Crippen molar-refractivity contribution in [3.63, 3.8) is 0 Å². The Kier molecular flexibility index (Phi) is 4.47. The quantitative estimate of drug-likeness (QED) is 0.743. The van der Waals surface area contributed by atoms with E-state index in [0.29, 0.717) is 18.8 Å². The summed E-state index contributed by atoms with van der Waals surface area (Å²) in [5, 5.41) is 10.3. The standard InChI is InChI=1S/C20H25N5O2/c1-13-21-16-6-4-5-7-18(16)25(13)12-15-10-17(24-23-15)19(26)22-14-8-9-27-20(2,3)11-14/h4-7,10,14H,8-9,11-12H2,1-3H3,(H,22,26)(H,23,24). The van der Waals surface area contributed by atoms with Gasteiger partial charge in [0, 0.05) is 12.6 Å². The van der Waals surface area contributed by atoms with E-state index in [1.165, 1.54) is 0 Å². The number of aromatic amines is 1. The molecule has 2 aromatic heterocycles. The molecule has 4 rings (SSSR count). The Balaban J connectivity index is 1.47. The van der Waals surface area contributed by atoms with Gasteiger partial charge in [-0.05, 0) is 51.8 Å². The van der Waals surface area contributed by atoms with Crippen molar-refractivity contribution in [1.82, 2.24) is 25.1 Å². The van der Waals surface area contributed by atoms with Crippen molar-refractivity contribution in [2.75, 3.05) is 6.61 Å². The molecule has 1 unspecified atom stereocenters. The van der Waals surface area contributed by atoms with E-state index in [9.17, 15) is 4.79 Å². The second-order valence-electron chi connectivity index (χ2n) is 7.78. The Labute approximate surface area is 158 Å². The van der Waals surface area contributed by atoms with Crippen LogP contribution in [0.3, 0.4) is 0 Å². The maximum atomic E-state index is 12.6. The van der Waals surface area contributed by atoms with Gasteiger partial charge in [-0.15, -0.1) is 0 Å².